The van der Waals surface area contributed by atoms with Gasteiger partial charge in [0.2, 0.25) is 0 Å². The van der Waals surface area contributed by atoms with Crippen LogP contribution < -0.4 is 5.32 Å². The lowest BCUT2D eigenvalue weighted by Crippen LogP contribution is -2.27. The molecule has 0 aromatic carbocycles. The van der Waals surface area contributed by atoms with Gasteiger partial charge in [0.15, 0.2) is 0 Å². The van der Waals surface area contributed by atoms with Crippen molar-refractivity contribution < 1.29 is 9.47 Å². The molecular weight excluding hydrogens is 214 g/mol. The van der Waals surface area contributed by atoms with Crippen LogP contribution in [0.2, 0.25) is 0 Å². The fraction of sp³-hybridized carbons (Fsp3) is 1.00. The fourth-order valence-corrected chi connectivity index (χ4v) is 2.28. The first-order valence-corrected chi connectivity index (χ1v) is 7.31. The zero-order chi connectivity index (χ0) is 11.9. The van der Waals surface area contributed by atoms with Crippen molar-refractivity contribution >= 4 is 0 Å². The second-order valence-electron chi connectivity index (χ2n) is 5.50. The van der Waals surface area contributed by atoms with Crippen molar-refractivity contribution in [3.63, 3.8) is 0 Å². The van der Waals surface area contributed by atoms with Gasteiger partial charge >= 0.3 is 0 Å². The lowest BCUT2D eigenvalue weighted by Gasteiger charge is -2.24. The molecule has 2 atom stereocenters. The van der Waals surface area contributed by atoms with Gasteiger partial charge in [0, 0.05) is 12.6 Å². The third-order valence-corrected chi connectivity index (χ3v) is 3.64. The Labute approximate surface area is 105 Å². The Morgan fingerprint density at radius 2 is 2.18 bits per heavy atom. The van der Waals surface area contributed by atoms with Gasteiger partial charge in [-0.2, -0.15) is 0 Å². The van der Waals surface area contributed by atoms with E-state index in [0.717, 1.165) is 32.2 Å². The van der Waals surface area contributed by atoms with E-state index in [0.29, 0.717) is 12.2 Å². The lowest BCUT2D eigenvalue weighted by atomic mass is 10.1. The minimum absolute atomic E-state index is 0.357. The molecule has 1 saturated heterocycles. The first-order valence-electron chi connectivity index (χ1n) is 7.31. The summed E-state index contributed by atoms with van der Waals surface area (Å²) in [6.45, 7) is 5.04. The van der Waals surface area contributed by atoms with E-state index in [9.17, 15) is 0 Å². The van der Waals surface area contributed by atoms with Crippen molar-refractivity contribution in [3.8, 4) is 0 Å². The Kier molecular flexibility index (Phi) is 5.75. The highest BCUT2D eigenvalue weighted by Crippen LogP contribution is 2.18. The van der Waals surface area contributed by atoms with Gasteiger partial charge in [-0.3, -0.25) is 0 Å². The molecule has 0 amide bonds. The predicted molar refractivity (Wildman–Crippen MR) is 69.3 cm³/mol. The van der Waals surface area contributed by atoms with Gasteiger partial charge in [-0.25, -0.2) is 0 Å². The van der Waals surface area contributed by atoms with Crippen LogP contribution in [0.15, 0.2) is 0 Å². The molecule has 2 unspecified atom stereocenters. The van der Waals surface area contributed by atoms with Crippen molar-refractivity contribution in [3.05, 3.63) is 0 Å². The Morgan fingerprint density at radius 3 is 2.88 bits per heavy atom. The molecule has 1 aliphatic heterocycles. The van der Waals surface area contributed by atoms with E-state index >= 15 is 0 Å². The van der Waals surface area contributed by atoms with E-state index in [4.69, 9.17) is 9.47 Å². The van der Waals surface area contributed by atoms with Crippen molar-refractivity contribution in [2.75, 3.05) is 19.8 Å². The van der Waals surface area contributed by atoms with Gasteiger partial charge < -0.3 is 14.8 Å². The number of rotatable bonds is 8. The molecule has 1 saturated carbocycles. The summed E-state index contributed by atoms with van der Waals surface area (Å²) in [5.41, 5.74) is 0. The summed E-state index contributed by atoms with van der Waals surface area (Å²) in [6, 6.07) is 0.835. The van der Waals surface area contributed by atoms with Crippen LogP contribution in [0.3, 0.4) is 0 Å². The van der Waals surface area contributed by atoms with Crippen molar-refractivity contribution in [1.29, 1.82) is 0 Å². The van der Waals surface area contributed by atoms with Crippen LogP contribution in [0.4, 0.5) is 0 Å². The summed E-state index contributed by atoms with van der Waals surface area (Å²) in [5.74, 6) is 0. The van der Waals surface area contributed by atoms with Gasteiger partial charge in [-0.05, 0) is 58.4 Å². The van der Waals surface area contributed by atoms with E-state index in [1.54, 1.807) is 0 Å². The average molecular weight is 241 g/mol. The smallest absolute Gasteiger partial charge is 0.0808 e. The van der Waals surface area contributed by atoms with Crippen LogP contribution in [-0.4, -0.2) is 38.0 Å². The molecule has 100 valence electrons. The zero-order valence-electron chi connectivity index (χ0n) is 11.1. The van der Waals surface area contributed by atoms with E-state index in [1.807, 2.05) is 0 Å². The predicted octanol–water partition coefficient (Wildman–Crippen LogP) is 2.49. The van der Waals surface area contributed by atoms with Crippen molar-refractivity contribution in [2.24, 2.45) is 0 Å². The highest BCUT2D eigenvalue weighted by Gasteiger charge is 2.19. The van der Waals surface area contributed by atoms with Gasteiger partial charge in [-0.1, -0.05) is 0 Å². The maximum atomic E-state index is 5.85. The largest absolute Gasteiger partial charge is 0.376 e. The maximum Gasteiger partial charge on any atom is 0.0808 e. The monoisotopic (exact) mass is 241 g/mol. The topological polar surface area (TPSA) is 30.5 Å². The first kappa shape index (κ1) is 13.3. The van der Waals surface area contributed by atoms with E-state index in [2.05, 4.69) is 12.2 Å². The van der Waals surface area contributed by atoms with Crippen molar-refractivity contribution in [2.45, 2.75) is 70.1 Å². The molecule has 0 aromatic heterocycles. The van der Waals surface area contributed by atoms with Crippen LogP contribution in [0.1, 0.15) is 51.9 Å². The summed E-state index contributed by atoms with van der Waals surface area (Å²) < 4.78 is 11.5. The summed E-state index contributed by atoms with van der Waals surface area (Å²) in [4.78, 5) is 0. The van der Waals surface area contributed by atoms with Crippen LogP contribution in [0.5, 0.6) is 0 Å². The molecule has 0 bridgehead atoms. The van der Waals surface area contributed by atoms with Gasteiger partial charge in [0.1, 0.15) is 0 Å². The molecule has 1 heterocycles. The third-order valence-electron chi connectivity index (χ3n) is 3.64. The number of ether oxygens (including phenoxy) is 2. The molecule has 3 nitrogen and oxygen atoms in total. The first-order chi connectivity index (χ1) is 8.34. The summed E-state index contributed by atoms with van der Waals surface area (Å²) in [5, 5.41) is 3.54. The molecule has 0 aromatic rings. The highest BCUT2D eigenvalue weighted by atomic mass is 16.5. The van der Waals surface area contributed by atoms with Crippen LogP contribution in [0.25, 0.3) is 0 Å². The minimum Gasteiger partial charge on any atom is -0.376 e. The number of hydrogen-bond acceptors (Lipinski definition) is 3. The molecule has 17 heavy (non-hydrogen) atoms. The standard InChI is InChI=1S/C14H27NO2/c1-12(5-4-9-15-13-7-8-13)17-11-14-6-2-3-10-16-14/h12-15H,2-11H2,1H3. The Bertz CT molecular complexity index is 200. The zero-order valence-corrected chi connectivity index (χ0v) is 11.1. The molecule has 0 spiro atoms. The van der Waals surface area contributed by atoms with Crippen LogP contribution in [0, 0.1) is 0 Å². The quantitative estimate of drug-likeness (QED) is 0.662. The summed E-state index contributed by atoms with van der Waals surface area (Å²) in [7, 11) is 0. The molecule has 2 rings (SSSR count). The van der Waals surface area contributed by atoms with E-state index in [1.165, 1.54) is 38.5 Å². The molecule has 1 N–H and O–H groups in total. The Balaban J connectivity index is 1.43. The Morgan fingerprint density at radius 1 is 1.29 bits per heavy atom. The summed E-state index contributed by atoms with van der Waals surface area (Å²) >= 11 is 0. The van der Waals surface area contributed by atoms with Crippen molar-refractivity contribution in [1.82, 2.24) is 5.32 Å². The van der Waals surface area contributed by atoms with Crippen LogP contribution in [-0.2, 0) is 9.47 Å². The summed E-state index contributed by atoms with van der Waals surface area (Å²) in [6.07, 6.45) is 9.58. The number of hydrogen-bond donors (Lipinski definition) is 1. The normalized spacial score (nSPS) is 27.0. The number of nitrogens with one attached hydrogen (secondary N) is 1. The van der Waals surface area contributed by atoms with E-state index in [-0.39, 0.29) is 0 Å². The molecule has 2 fully saturated rings. The Hall–Kier alpha value is -0.120. The molecule has 2 aliphatic rings. The molecule has 0 radical (unpaired) electrons. The fourth-order valence-electron chi connectivity index (χ4n) is 2.28. The highest BCUT2D eigenvalue weighted by molar-refractivity contribution is 4.80. The SMILES string of the molecule is CC(CCCNC1CC1)OCC1CCCCO1. The second kappa shape index (κ2) is 7.34. The minimum atomic E-state index is 0.357. The molecular formula is C14H27NO2. The molecule has 3 heteroatoms. The third kappa shape index (κ3) is 5.84. The second-order valence-corrected chi connectivity index (χ2v) is 5.50. The van der Waals surface area contributed by atoms with Gasteiger partial charge in [-0.15, -0.1) is 0 Å². The van der Waals surface area contributed by atoms with Crippen LogP contribution >= 0.6 is 0 Å². The average Bonchev–Trinajstić information content (AvgIpc) is 3.17. The van der Waals surface area contributed by atoms with Gasteiger partial charge in [0.25, 0.3) is 0 Å². The van der Waals surface area contributed by atoms with E-state index < -0.39 is 0 Å². The van der Waals surface area contributed by atoms with Gasteiger partial charge in [0.05, 0.1) is 18.8 Å². The lowest BCUT2D eigenvalue weighted by molar-refractivity contribution is -0.0606. The molecule has 1 aliphatic carbocycles. The maximum absolute atomic E-state index is 5.85.